The molecule has 3 amide bonds. The van der Waals surface area contributed by atoms with E-state index in [0.29, 0.717) is 11.6 Å². The molecule has 0 radical (unpaired) electrons. The molecule has 2 aromatic rings. The van der Waals surface area contributed by atoms with E-state index < -0.39 is 23.9 Å². The van der Waals surface area contributed by atoms with Gasteiger partial charge in [0.1, 0.15) is 11.4 Å². The third kappa shape index (κ3) is 6.87. The molecular formula is C28H42N8O4. The number of carbonyl (C=O) groups excluding carboxylic acids is 2. The molecule has 2 fully saturated rings. The second kappa shape index (κ2) is 12.5. The van der Waals surface area contributed by atoms with Crippen molar-refractivity contribution in [1.29, 1.82) is 0 Å². The Kier molecular flexibility index (Phi) is 9.24. The van der Waals surface area contributed by atoms with Gasteiger partial charge in [-0.05, 0) is 76.4 Å². The van der Waals surface area contributed by atoms with Crippen LogP contribution in [0.4, 0.5) is 10.6 Å². The predicted molar refractivity (Wildman–Crippen MR) is 153 cm³/mol. The molecule has 0 spiro atoms. The number of hydrogen-bond donors (Lipinski definition) is 4. The number of benzene rings is 1. The van der Waals surface area contributed by atoms with Crippen LogP contribution in [-0.4, -0.2) is 98.2 Å². The van der Waals surface area contributed by atoms with E-state index >= 15 is 0 Å². The summed E-state index contributed by atoms with van der Waals surface area (Å²) in [7, 11) is 0. The summed E-state index contributed by atoms with van der Waals surface area (Å²) in [4.78, 5) is 47.9. The van der Waals surface area contributed by atoms with Gasteiger partial charge in [0.15, 0.2) is 0 Å². The Morgan fingerprint density at radius 2 is 1.82 bits per heavy atom. The molecule has 0 bridgehead atoms. The van der Waals surface area contributed by atoms with E-state index in [0.717, 1.165) is 32.5 Å². The van der Waals surface area contributed by atoms with Gasteiger partial charge in [0.2, 0.25) is 5.91 Å². The van der Waals surface area contributed by atoms with Crippen LogP contribution in [0.25, 0.3) is 5.69 Å². The Hall–Kier alpha value is -3.32. The van der Waals surface area contributed by atoms with Gasteiger partial charge in [0.25, 0.3) is 0 Å². The largest absolute Gasteiger partial charge is 0.394 e. The van der Waals surface area contributed by atoms with E-state index in [2.05, 4.69) is 22.1 Å². The Balaban J connectivity index is 1.32. The number of amides is 3. The number of hydrogen-bond acceptors (Lipinski definition) is 8. The summed E-state index contributed by atoms with van der Waals surface area (Å²) >= 11 is 0. The van der Waals surface area contributed by atoms with Crippen LogP contribution in [0.5, 0.6) is 0 Å². The highest BCUT2D eigenvalue weighted by atomic mass is 16.3. The summed E-state index contributed by atoms with van der Waals surface area (Å²) < 4.78 is 1.44. The van der Waals surface area contributed by atoms with E-state index in [-0.39, 0.29) is 43.4 Å². The lowest BCUT2D eigenvalue weighted by molar-refractivity contribution is -0.141. The second-order valence-electron chi connectivity index (χ2n) is 11.4. The maximum Gasteiger partial charge on any atom is 0.354 e. The van der Waals surface area contributed by atoms with Crippen molar-refractivity contribution in [3.63, 3.8) is 0 Å². The Labute approximate surface area is 234 Å². The van der Waals surface area contributed by atoms with Crippen molar-refractivity contribution >= 4 is 17.8 Å². The first-order chi connectivity index (χ1) is 19.0. The minimum atomic E-state index is -1.37. The van der Waals surface area contributed by atoms with Crippen LogP contribution >= 0.6 is 0 Å². The van der Waals surface area contributed by atoms with E-state index in [4.69, 9.17) is 11.5 Å². The first-order valence-corrected chi connectivity index (χ1v) is 13.9. The van der Waals surface area contributed by atoms with Gasteiger partial charge in [-0.1, -0.05) is 12.1 Å². The number of aliphatic hydroxyl groups excluding tert-OH is 1. The minimum Gasteiger partial charge on any atom is -0.394 e. The maximum absolute atomic E-state index is 12.8. The van der Waals surface area contributed by atoms with Crippen LogP contribution in [-0.2, 0) is 11.3 Å². The molecular weight excluding hydrogens is 512 g/mol. The van der Waals surface area contributed by atoms with Crippen molar-refractivity contribution in [2.24, 2.45) is 17.4 Å². The van der Waals surface area contributed by atoms with Gasteiger partial charge in [0, 0.05) is 44.5 Å². The number of carbonyl (C=O) groups is 2. The van der Waals surface area contributed by atoms with Gasteiger partial charge >= 0.3 is 11.7 Å². The molecule has 12 heteroatoms. The molecule has 1 aromatic heterocycles. The molecule has 0 aliphatic carbocycles. The molecule has 6 N–H and O–H groups in total. The fourth-order valence-corrected chi connectivity index (χ4v) is 5.35. The van der Waals surface area contributed by atoms with Gasteiger partial charge in [-0.25, -0.2) is 9.59 Å². The number of nitrogens with one attached hydrogen (secondary N) is 1. The van der Waals surface area contributed by atoms with Crippen molar-refractivity contribution in [3.8, 4) is 5.69 Å². The Bertz CT molecular complexity index is 1240. The van der Waals surface area contributed by atoms with E-state index in [1.807, 2.05) is 31.2 Å². The fourth-order valence-electron chi connectivity index (χ4n) is 5.35. The van der Waals surface area contributed by atoms with Crippen molar-refractivity contribution < 1.29 is 14.7 Å². The van der Waals surface area contributed by atoms with E-state index in [1.54, 1.807) is 22.1 Å². The monoisotopic (exact) mass is 554 g/mol. The van der Waals surface area contributed by atoms with Crippen molar-refractivity contribution in [1.82, 2.24) is 24.3 Å². The first kappa shape index (κ1) is 29.7. The molecule has 218 valence electrons. The molecule has 40 heavy (non-hydrogen) atoms. The number of likely N-dealkylation sites (tertiary alicyclic amines) is 1. The molecule has 2 saturated heterocycles. The zero-order chi connectivity index (χ0) is 29.0. The molecule has 2 aliphatic heterocycles. The number of nitrogens with two attached hydrogens (primary N) is 2. The highest BCUT2D eigenvalue weighted by Gasteiger charge is 2.37. The quantitative estimate of drug-likeness (QED) is 0.386. The van der Waals surface area contributed by atoms with Crippen LogP contribution in [0.15, 0.2) is 41.3 Å². The standard InChI is InChI=1S/C28H42N8O4/c1-19-16-34(14-15-35(19)25(38)28(3,30)18-37)26(39)31-24-10-13-36(27(40)32-24)23-6-4-21(5-7-23)17-33-11-8-22(9-12-33)20(2)29/h4-7,10,13,19-20,22,37H,8-9,11-12,14-18,29-30H2,1-3H3,(H,31,32,39,40)/t19-,20?,28?/m1/s1. The van der Waals surface area contributed by atoms with Gasteiger partial charge in [-0.3, -0.25) is 19.6 Å². The van der Waals surface area contributed by atoms with Crippen LogP contribution in [0.2, 0.25) is 0 Å². The highest BCUT2D eigenvalue weighted by Crippen LogP contribution is 2.21. The number of anilines is 1. The molecule has 3 heterocycles. The van der Waals surface area contributed by atoms with Crippen LogP contribution < -0.4 is 22.5 Å². The normalized spacial score (nSPS) is 21.1. The van der Waals surface area contributed by atoms with Gasteiger partial charge < -0.3 is 26.4 Å². The first-order valence-electron chi connectivity index (χ1n) is 13.9. The smallest absolute Gasteiger partial charge is 0.354 e. The molecule has 2 unspecified atom stereocenters. The lowest BCUT2D eigenvalue weighted by Gasteiger charge is -2.42. The van der Waals surface area contributed by atoms with Gasteiger partial charge in [-0.15, -0.1) is 0 Å². The molecule has 3 atom stereocenters. The summed E-state index contributed by atoms with van der Waals surface area (Å²) in [5.41, 5.74) is 12.0. The third-order valence-corrected chi connectivity index (χ3v) is 8.03. The lowest BCUT2D eigenvalue weighted by atomic mass is 9.91. The van der Waals surface area contributed by atoms with Crippen molar-refractivity contribution in [3.05, 3.63) is 52.6 Å². The minimum absolute atomic E-state index is 0.152. The average Bonchev–Trinajstić information content (AvgIpc) is 2.93. The number of nitrogens with zero attached hydrogens (tertiary/aromatic N) is 5. The zero-order valence-electron chi connectivity index (χ0n) is 23.6. The van der Waals surface area contributed by atoms with Gasteiger partial charge in [0.05, 0.1) is 12.3 Å². The number of aromatic nitrogens is 2. The molecule has 1 aromatic carbocycles. The zero-order valence-corrected chi connectivity index (χ0v) is 23.6. The van der Waals surface area contributed by atoms with Crippen LogP contribution in [0.1, 0.15) is 39.2 Å². The maximum atomic E-state index is 12.8. The molecule has 0 saturated carbocycles. The number of rotatable bonds is 7. The molecule has 4 rings (SSSR count). The highest BCUT2D eigenvalue weighted by molar-refractivity contribution is 5.89. The summed E-state index contributed by atoms with van der Waals surface area (Å²) in [5.74, 6) is 0.387. The van der Waals surface area contributed by atoms with Crippen molar-refractivity contribution in [2.45, 2.75) is 57.8 Å². The Morgan fingerprint density at radius 3 is 2.40 bits per heavy atom. The average molecular weight is 555 g/mol. The summed E-state index contributed by atoms with van der Waals surface area (Å²) in [6.45, 7) is 8.72. The number of urea groups is 1. The van der Waals surface area contributed by atoms with E-state index in [9.17, 15) is 19.5 Å². The summed E-state index contributed by atoms with van der Waals surface area (Å²) in [6, 6.07) is 8.98. The SMILES string of the molecule is CC(N)C1CCN(Cc2ccc(-n3ccc(NC(=O)N4CCN(C(=O)C(C)(N)CO)[C@H](C)C4)nc3=O)cc2)CC1. The number of aliphatic hydroxyl groups is 1. The fraction of sp³-hybridized carbons (Fsp3) is 0.571. The number of piperidine rings is 1. The van der Waals surface area contributed by atoms with E-state index in [1.165, 1.54) is 17.1 Å². The van der Waals surface area contributed by atoms with Crippen LogP contribution in [0, 0.1) is 5.92 Å². The summed E-state index contributed by atoms with van der Waals surface area (Å²) in [5, 5.41) is 12.1. The Morgan fingerprint density at radius 1 is 1.15 bits per heavy atom. The topological polar surface area (TPSA) is 163 Å². The van der Waals surface area contributed by atoms with Gasteiger partial charge in [-0.2, -0.15) is 4.98 Å². The molecule has 2 aliphatic rings. The van der Waals surface area contributed by atoms with Crippen LogP contribution in [0.3, 0.4) is 0 Å². The number of piperazine rings is 1. The predicted octanol–water partition coefficient (Wildman–Crippen LogP) is 0.566. The molecule has 12 nitrogen and oxygen atoms in total. The second-order valence-corrected chi connectivity index (χ2v) is 11.4. The van der Waals surface area contributed by atoms with Crippen molar-refractivity contribution in [2.75, 3.05) is 44.6 Å². The third-order valence-electron chi connectivity index (χ3n) is 8.03. The lowest BCUT2D eigenvalue weighted by Crippen LogP contribution is -2.63. The summed E-state index contributed by atoms with van der Waals surface area (Å²) in [6.07, 6.45) is 3.83.